The molecule has 4 nitrogen and oxygen atoms in total. The van der Waals surface area contributed by atoms with Gasteiger partial charge >= 0.3 is 0 Å². The largest absolute Gasteiger partial charge is 0.497 e. The average Bonchev–Trinajstić information content (AvgIpc) is 2.53. The molecule has 4 heteroatoms. The number of methoxy groups -OCH3 is 1. The molecule has 0 saturated heterocycles. The van der Waals surface area contributed by atoms with Crippen LogP contribution < -0.4 is 14.8 Å². The molecule has 1 unspecified atom stereocenters. The van der Waals surface area contributed by atoms with Crippen molar-refractivity contribution in [1.82, 2.24) is 10.3 Å². The van der Waals surface area contributed by atoms with E-state index >= 15 is 0 Å². The fraction of sp³-hybridized carbons (Fsp3) is 0.353. The highest BCUT2D eigenvalue weighted by Crippen LogP contribution is 2.30. The maximum Gasteiger partial charge on any atom is 0.128 e. The Kier molecular flexibility index (Phi) is 5.58. The van der Waals surface area contributed by atoms with Crippen molar-refractivity contribution >= 4 is 0 Å². The van der Waals surface area contributed by atoms with Gasteiger partial charge in [-0.15, -0.1) is 0 Å². The number of aromatic nitrogens is 1. The normalized spacial score (nSPS) is 12.0. The Labute approximate surface area is 126 Å². The van der Waals surface area contributed by atoms with E-state index in [0.717, 1.165) is 29.2 Å². The van der Waals surface area contributed by atoms with Crippen molar-refractivity contribution in [1.29, 1.82) is 0 Å². The quantitative estimate of drug-likeness (QED) is 0.847. The monoisotopic (exact) mass is 286 g/mol. The zero-order valence-corrected chi connectivity index (χ0v) is 12.8. The van der Waals surface area contributed by atoms with Crippen LogP contribution in [0.1, 0.15) is 31.0 Å². The number of rotatable bonds is 7. The van der Waals surface area contributed by atoms with Crippen LogP contribution in [-0.4, -0.2) is 18.6 Å². The van der Waals surface area contributed by atoms with Crippen LogP contribution in [0.15, 0.2) is 42.7 Å². The lowest BCUT2D eigenvalue weighted by molar-refractivity contribution is 0.297. The molecule has 0 bridgehead atoms. The van der Waals surface area contributed by atoms with Gasteiger partial charge in [0.15, 0.2) is 0 Å². The van der Waals surface area contributed by atoms with E-state index in [-0.39, 0.29) is 6.04 Å². The molecule has 0 aliphatic rings. The summed E-state index contributed by atoms with van der Waals surface area (Å²) in [6, 6.07) is 10.1. The molecule has 1 N–H and O–H groups in total. The fourth-order valence-electron chi connectivity index (χ4n) is 2.18. The smallest absolute Gasteiger partial charge is 0.128 e. The highest BCUT2D eigenvalue weighted by atomic mass is 16.5. The lowest BCUT2D eigenvalue weighted by Gasteiger charge is -2.18. The topological polar surface area (TPSA) is 43.4 Å². The molecule has 2 aromatic rings. The summed E-state index contributed by atoms with van der Waals surface area (Å²) < 4.78 is 11.3. The summed E-state index contributed by atoms with van der Waals surface area (Å²) in [4.78, 5) is 4.01. The molecule has 0 amide bonds. The molecule has 0 aliphatic heterocycles. The highest BCUT2D eigenvalue weighted by Gasteiger charge is 2.12. The molecule has 0 fully saturated rings. The van der Waals surface area contributed by atoms with Gasteiger partial charge < -0.3 is 14.8 Å². The molecule has 0 spiro atoms. The molecular weight excluding hydrogens is 264 g/mol. The average molecular weight is 286 g/mol. The zero-order chi connectivity index (χ0) is 15.1. The first-order valence-electron chi connectivity index (χ1n) is 7.17. The first-order valence-corrected chi connectivity index (χ1v) is 7.17. The summed E-state index contributed by atoms with van der Waals surface area (Å²) in [5, 5.41) is 3.41. The van der Waals surface area contributed by atoms with Gasteiger partial charge in [-0.3, -0.25) is 4.98 Å². The second-order valence-corrected chi connectivity index (χ2v) is 4.83. The molecule has 0 radical (unpaired) electrons. The van der Waals surface area contributed by atoms with Crippen LogP contribution in [0.5, 0.6) is 11.5 Å². The van der Waals surface area contributed by atoms with Crippen molar-refractivity contribution in [3.63, 3.8) is 0 Å². The van der Waals surface area contributed by atoms with Gasteiger partial charge in [-0.05, 0) is 37.2 Å². The van der Waals surface area contributed by atoms with E-state index in [1.54, 1.807) is 19.5 Å². The highest BCUT2D eigenvalue weighted by molar-refractivity contribution is 5.42. The number of hydrogen-bond acceptors (Lipinski definition) is 4. The van der Waals surface area contributed by atoms with E-state index in [9.17, 15) is 0 Å². The van der Waals surface area contributed by atoms with E-state index in [2.05, 4.69) is 24.1 Å². The van der Waals surface area contributed by atoms with Gasteiger partial charge in [0.25, 0.3) is 0 Å². The van der Waals surface area contributed by atoms with Crippen LogP contribution in [0.25, 0.3) is 0 Å². The lowest BCUT2D eigenvalue weighted by atomic mass is 10.1. The molecular formula is C17H22N2O2. The van der Waals surface area contributed by atoms with Crippen molar-refractivity contribution in [3.8, 4) is 11.5 Å². The van der Waals surface area contributed by atoms with Gasteiger partial charge in [-0.25, -0.2) is 0 Å². The lowest BCUT2D eigenvalue weighted by Crippen LogP contribution is -2.18. The summed E-state index contributed by atoms with van der Waals surface area (Å²) in [6.07, 6.45) is 3.54. The van der Waals surface area contributed by atoms with Crippen LogP contribution in [0.4, 0.5) is 0 Å². The summed E-state index contributed by atoms with van der Waals surface area (Å²) in [5.74, 6) is 1.65. The van der Waals surface area contributed by atoms with Gasteiger partial charge in [-0.1, -0.05) is 13.0 Å². The number of pyridine rings is 1. The summed E-state index contributed by atoms with van der Waals surface area (Å²) in [5.41, 5.74) is 2.22. The van der Waals surface area contributed by atoms with Crippen molar-refractivity contribution in [2.24, 2.45) is 0 Å². The van der Waals surface area contributed by atoms with E-state index in [4.69, 9.17) is 9.47 Å². The predicted molar refractivity (Wildman–Crippen MR) is 83.7 cm³/mol. The van der Waals surface area contributed by atoms with E-state index in [1.165, 1.54) is 0 Å². The van der Waals surface area contributed by atoms with Crippen molar-refractivity contribution in [2.75, 3.05) is 13.7 Å². The second kappa shape index (κ2) is 7.64. The molecule has 1 atom stereocenters. The van der Waals surface area contributed by atoms with Crippen LogP contribution in [0, 0.1) is 0 Å². The van der Waals surface area contributed by atoms with Crippen LogP contribution in [0.3, 0.4) is 0 Å². The van der Waals surface area contributed by atoms with Gasteiger partial charge in [0.2, 0.25) is 0 Å². The molecule has 0 aliphatic carbocycles. The van der Waals surface area contributed by atoms with Gasteiger partial charge in [0, 0.05) is 30.1 Å². The first kappa shape index (κ1) is 15.3. The third-order valence-corrected chi connectivity index (χ3v) is 3.34. The summed E-state index contributed by atoms with van der Waals surface area (Å²) in [7, 11) is 1.66. The number of nitrogens with zero attached hydrogens (tertiary/aromatic N) is 1. The predicted octanol–water partition coefficient (Wildman–Crippen LogP) is 3.34. The first-order chi connectivity index (χ1) is 10.2. The summed E-state index contributed by atoms with van der Waals surface area (Å²) in [6.45, 7) is 5.65. The van der Waals surface area contributed by atoms with Crippen molar-refractivity contribution in [3.05, 3.63) is 53.9 Å². The minimum atomic E-state index is 0.230. The minimum absolute atomic E-state index is 0.230. The Balaban J connectivity index is 2.18. The Morgan fingerprint density at radius 2 is 1.95 bits per heavy atom. The number of benzene rings is 1. The molecule has 1 aromatic heterocycles. The minimum Gasteiger partial charge on any atom is -0.497 e. The summed E-state index contributed by atoms with van der Waals surface area (Å²) >= 11 is 0. The molecule has 1 heterocycles. The maximum atomic E-state index is 5.99. The molecule has 0 saturated carbocycles. The van der Waals surface area contributed by atoms with Crippen molar-refractivity contribution < 1.29 is 9.47 Å². The van der Waals surface area contributed by atoms with Gasteiger partial charge in [0.1, 0.15) is 18.1 Å². The van der Waals surface area contributed by atoms with E-state index in [1.807, 2.05) is 30.3 Å². The maximum absolute atomic E-state index is 5.99. The molecule has 2 rings (SSSR count). The Morgan fingerprint density at radius 1 is 1.19 bits per heavy atom. The van der Waals surface area contributed by atoms with Crippen LogP contribution in [0.2, 0.25) is 0 Å². The Morgan fingerprint density at radius 3 is 2.62 bits per heavy atom. The number of ether oxygens (including phenoxy) is 2. The molecule has 1 aromatic carbocycles. The molecule has 21 heavy (non-hydrogen) atoms. The van der Waals surface area contributed by atoms with Crippen LogP contribution >= 0.6 is 0 Å². The van der Waals surface area contributed by atoms with Gasteiger partial charge in [0.05, 0.1) is 7.11 Å². The second-order valence-electron chi connectivity index (χ2n) is 4.83. The number of hydrogen-bond donors (Lipinski definition) is 1. The Bertz CT molecular complexity index is 558. The third kappa shape index (κ3) is 4.20. The van der Waals surface area contributed by atoms with Crippen LogP contribution in [-0.2, 0) is 6.61 Å². The van der Waals surface area contributed by atoms with Gasteiger partial charge in [-0.2, -0.15) is 0 Å². The Hall–Kier alpha value is -2.07. The fourth-order valence-corrected chi connectivity index (χ4v) is 2.18. The number of nitrogens with one attached hydrogen (secondary N) is 1. The van der Waals surface area contributed by atoms with Crippen molar-refractivity contribution in [2.45, 2.75) is 26.5 Å². The standard InChI is InChI=1S/C17H22N2O2/c1-4-19-13(2)16-6-5-15(20-3)11-17(16)21-12-14-7-9-18-10-8-14/h5-11,13,19H,4,12H2,1-3H3. The SMILES string of the molecule is CCNC(C)c1ccc(OC)cc1OCc1ccncc1. The zero-order valence-electron chi connectivity index (χ0n) is 12.8. The molecule has 112 valence electrons. The van der Waals surface area contributed by atoms with E-state index < -0.39 is 0 Å². The van der Waals surface area contributed by atoms with E-state index in [0.29, 0.717) is 6.61 Å². The third-order valence-electron chi connectivity index (χ3n) is 3.34.